The average molecular weight is 471 g/mol. The van der Waals surface area contributed by atoms with Crippen molar-refractivity contribution in [2.75, 3.05) is 17.7 Å². The van der Waals surface area contributed by atoms with Gasteiger partial charge in [-0.05, 0) is 18.9 Å². The summed E-state index contributed by atoms with van der Waals surface area (Å²) >= 11 is 0. The summed E-state index contributed by atoms with van der Waals surface area (Å²) in [5.41, 5.74) is 1.18. The van der Waals surface area contributed by atoms with Gasteiger partial charge in [-0.25, -0.2) is 28.1 Å². The van der Waals surface area contributed by atoms with Crippen LogP contribution in [0.2, 0.25) is 0 Å². The van der Waals surface area contributed by atoms with E-state index in [0.29, 0.717) is 40.8 Å². The molecule has 1 saturated carbocycles. The van der Waals surface area contributed by atoms with Crippen molar-refractivity contribution in [3.05, 3.63) is 54.1 Å². The van der Waals surface area contributed by atoms with Crippen LogP contribution in [0.4, 0.5) is 36.4 Å². The Morgan fingerprint density at radius 1 is 0.971 bits per heavy atom. The van der Waals surface area contributed by atoms with Gasteiger partial charge >= 0.3 is 0 Å². The maximum Gasteiger partial charge on any atom is 0.229 e. The fourth-order valence-electron chi connectivity index (χ4n) is 4.03. The third kappa shape index (κ3) is 4.45. The summed E-state index contributed by atoms with van der Waals surface area (Å²) in [4.78, 5) is 17.5. The van der Waals surface area contributed by atoms with Crippen molar-refractivity contribution in [3.63, 3.8) is 0 Å². The number of nitrogens with one attached hydrogen (secondary N) is 2. The van der Waals surface area contributed by atoms with Gasteiger partial charge in [0.25, 0.3) is 0 Å². The van der Waals surface area contributed by atoms with E-state index in [4.69, 9.17) is 4.74 Å². The zero-order chi connectivity index (χ0) is 22.9. The summed E-state index contributed by atoms with van der Waals surface area (Å²) in [7, 11) is 1.53. The highest BCUT2D eigenvalue weighted by atomic mass is 19.1. The first-order valence-electron chi connectivity index (χ1n) is 10.5. The maximum atomic E-state index is 14.3. The number of halogens is 3. The molecule has 3 heterocycles. The molecular formula is C23H24F3N7O. The highest BCUT2D eigenvalue weighted by molar-refractivity contribution is 5.77. The van der Waals surface area contributed by atoms with Gasteiger partial charge in [-0.15, -0.1) is 0 Å². The minimum Gasteiger partial charge on any atom is -0.481 e. The van der Waals surface area contributed by atoms with E-state index in [1.807, 2.05) is 4.57 Å². The molecule has 0 spiro atoms. The van der Waals surface area contributed by atoms with Crippen LogP contribution in [-0.4, -0.2) is 31.6 Å². The van der Waals surface area contributed by atoms with Gasteiger partial charge in [0.15, 0.2) is 17.3 Å². The predicted octanol–water partition coefficient (Wildman–Crippen LogP) is 5.89. The molecule has 0 bridgehead atoms. The number of rotatable bonds is 6. The minimum absolute atomic E-state index is 0. The number of pyridine rings is 1. The van der Waals surface area contributed by atoms with Gasteiger partial charge < -0.3 is 15.4 Å². The van der Waals surface area contributed by atoms with E-state index in [1.54, 1.807) is 18.3 Å². The largest absolute Gasteiger partial charge is 0.481 e. The number of benzene rings is 1. The van der Waals surface area contributed by atoms with E-state index in [0.717, 1.165) is 25.7 Å². The van der Waals surface area contributed by atoms with Crippen molar-refractivity contribution in [1.82, 2.24) is 24.5 Å². The first-order chi connectivity index (χ1) is 16.0. The Bertz CT molecular complexity index is 1280. The molecule has 0 saturated heterocycles. The molecule has 4 aromatic rings. The maximum absolute atomic E-state index is 14.3. The second-order valence-corrected chi connectivity index (χ2v) is 7.73. The first kappa shape index (κ1) is 23.3. The summed E-state index contributed by atoms with van der Waals surface area (Å²) < 4.78 is 48.8. The highest BCUT2D eigenvalue weighted by Crippen LogP contribution is 2.36. The van der Waals surface area contributed by atoms with Crippen LogP contribution in [0.1, 0.15) is 39.2 Å². The number of hydrogen-bond acceptors (Lipinski definition) is 7. The molecule has 11 heteroatoms. The number of methoxy groups -OCH3 is 1. The van der Waals surface area contributed by atoms with Crippen molar-refractivity contribution in [3.8, 4) is 5.88 Å². The fraction of sp³-hybridized carbons (Fsp3) is 0.304. The summed E-state index contributed by atoms with van der Waals surface area (Å²) in [6, 6.07) is 4.78. The molecule has 1 aliphatic rings. The molecule has 0 unspecified atom stereocenters. The lowest BCUT2D eigenvalue weighted by Gasteiger charge is -2.17. The SMILES string of the molecule is C.COc1ccc(Nc2ncc3nc(Nc4c(F)cc(F)cc4F)n(C4CCCC4)c3n2)cn1. The first-order valence-corrected chi connectivity index (χ1v) is 10.5. The van der Waals surface area contributed by atoms with Gasteiger partial charge in [0.1, 0.15) is 17.0 Å². The lowest BCUT2D eigenvalue weighted by Crippen LogP contribution is -2.11. The summed E-state index contributed by atoms with van der Waals surface area (Å²) in [6.45, 7) is 0. The average Bonchev–Trinajstić information content (AvgIpc) is 3.44. The third-order valence-electron chi connectivity index (χ3n) is 5.57. The molecule has 3 aromatic heterocycles. The quantitative estimate of drug-likeness (QED) is 0.363. The van der Waals surface area contributed by atoms with Gasteiger partial charge in [0.05, 0.1) is 25.2 Å². The number of aromatic nitrogens is 5. The molecule has 2 N–H and O–H groups in total. The zero-order valence-electron chi connectivity index (χ0n) is 17.6. The number of nitrogens with zero attached hydrogens (tertiary/aromatic N) is 5. The van der Waals surface area contributed by atoms with Crippen molar-refractivity contribution >= 4 is 34.4 Å². The molecule has 1 aliphatic carbocycles. The molecule has 34 heavy (non-hydrogen) atoms. The van der Waals surface area contributed by atoms with Crippen LogP contribution in [0.15, 0.2) is 36.7 Å². The normalized spacial score (nSPS) is 13.6. The van der Waals surface area contributed by atoms with E-state index in [-0.39, 0.29) is 19.4 Å². The number of fused-ring (bicyclic) bond motifs is 1. The Morgan fingerprint density at radius 3 is 2.35 bits per heavy atom. The Hall–Kier alpha value is -3.89. The van der Waals surface area contributed by atoms with E-state index < -0.39 is 23.1 Å². The van der Waals surface area contributed by atoms with Crippen molar-refractivity contribution in [2.24, 2.45) is 0 Å². The molecule has 0 amide bonds. The second kappa shape index (κ2) is 9.54. The molecular weight excluding hydrogens is 447 g/mol. The Kier molecular flexibility index (Phi) is 6.53. The lowest BCUT2D eigenvalue weighted by atomic mass is 10.2. The summed E-state index contributed by atoms with van der Waals surface area (Å²) in [5, 5.41) is 5.79. The smallest absolute Gasteiger partial charge is 0.229 e. The van der Waals surface area contributed by atoms with Gasteiger partial charge in [-0.1, -0.05) is 20.3 Å². The van der Waals surface area contributed by atoms with Crippen LogP contribution in [0.5, 0.6) is 5.88 Å². The molecule has 1 aromatic carbocycles. The van der Waals surface area contributed by atoms with E-state index in [9.17, 15) is 13.2 Å². The molecule has 1 fully saturated rings. The highest BCUT2D eigenvalue weighted by Gasteiger charge is 2.25. The minimum atomic E-state index is -1.04. The van der Waals surface area contributed by atoms with Crippen molar-refractivity contribution in [2.45, 2.75) is 39.2 Å². The third-order valence-corrected chi connectivity index (χ3v) is 5.57. The fourth-order valence-corrected chi connectivity index (χ4v) is 4.03. The van der Waals surface area contributed by atoms with Crippen LogP contribution < -0.4 is 15.4 Å². The lowest BCUT2D eigenvalue weighted by molar-refractivity contribution is 0.398. The van der Waals surface area contributed by atoms with E-state index in [2.05, 4.69) is 30.6 Å². The molecule has 0 aliphatic heterocycles. The van der Waals surface area contributed by atoms with Crippen LogP contribution in [0.3, 0.4) is 0 Å². The predicted molar refractivity (Wildman–Crippen MR) is 123 cm³/mol. The topological polar surface area (TPSA) is 89.8 Å². The van der Waals surface area contributed by atoms with E-state index in [1.165, 1.54) is 13.3 Å². The number of ether oxygens (including phenoxy) is 1. The monoisotopic (exact) mass is 471 g/mol. The second-order valence-electron chi connectivity index (χ2n) is 7.73. The Labute approximate surface area is 194 Å². The van der Waals surface area contributed by atoms with Gasteiger partial charge in [0, 0.05) is 24.2 Å². The number of imidazole rings is 1. The van der Waals surface area contributed by atoms with Crippen LogP contribution >= 0.6 is 0 Å². The summed E-state index contributed by atoms with van der Waals surface area (Å²) in [5.74, 6) is -2.06. The van der Waals surface area contributed by atoms with E-state index >= 15 is 0 Å². The summed E-state index contributed by atoms with van der Waals surface area (Å²) in [6.07, 6.45) is 6.93. The van der Waals surface area contributed by atoms with Crippen molar-refractivity contribution in [1.29, 1.82) is 0 Å². The van der Waals surface area contributed by atoms with Crippen LogP contribution in [-0.2, 0) is 0 Å². The Morgan fingerprint density at radius 2 is 1.71 bits per heavy atom. The molecule has 5 rings (SSSR count). The molecule has 8 nitrogen and oxygen atoms in total. The zero-order valence-corrected chi connectivity index (χ0v) is 17.6. The van der Waals surface area contributed by atoms with Gasteiger partial charge in [0.2, 0.25) is 17.8 Å². The van der Waals surface area contributed by atoms with Gasteiger partial charge in [-0.3, -0.25) is 4.57 Å². The van der Waals surface area contributed by atoms with Crippen LogP contribution in [0, 0.1) is 17.5 Å². The standard InChI is InChI=1S/C22H20F3N7O.CH4/c1-33-18-7-6-13(10-26-18)28-21-27-11-17-20(31-21)32(14-4-2-3-5-14)22(29-17)30-19-15(24)8-12(23)9-16(19)25;/h6-11,14H,2-5H2,1H3,(H,29,30)(H,27,28,31);1H4. The Balaban J connectivity index is 0.00000274. The molecule has 0 atom stereocenters. The molecule has 0 radical (unpaired) electrons. The number of hydrogen-bond donors (Lipinski definition) is 2. The molecule has 178 valence electrons. The van der Waals surface area contributed by atoms with Gasteiger partial charge in [-0.2, -0.15) is 4.98 Å². The van der Waals surface area contributed by atoms with Crippen LogP contribution in [0.25, 0.3) is 11.2 Å². The number of anilines is 4. The van der Waals surface area contributed by atoms with Crippen molar-refractivity contribution < 1.29 is 17.9 Å².